The van der Waals surface area contributed by atoms with Crippen LogP contribution in [0.2, 0.25) is 10.0 Å². The molecule has 34 heavy (non-hydrogen) atoms. The number of nitrogens with one attached hydrogen (secondary N) is 1. The maximum atomic E-state index is 13.2. The summed E-state index contributed by atoms with van der Waals surface area (Å²) in [6.07, 6.45) is 4.43. The van der Waals surface area contributed by atoms with Crippen LogP contribution in [0.25, 0.3) is 0 Å². The van der Waals surface area contributed by atoms with Gasteiger partial charge in [0.25, 0.3) is 0 Å². The van der Waals surface area contributed by atoms with Crippen molar-refractivity contribution in [1.29, 1.82) is 0 Å². The molecule has 2 aliphatic heterocycles. The lowest BCUT2D eigenvalue weighted by molar-refractivity contribution is -0.118. The van der Waals surface area contributed by atoms with E-state index in [-0.39, 0.29) is 30.1 Å². The monoisotopic (exact) mass is 525 g/mol. The number of amides is 2. The summed E-state index contributed by atoms with van der Waals surface area (Å²) >= 11 is 12.2. The Morgan fingerprint density at radius 3 is 2.53 bits per heavy atom. The number of likely N-dealkylation sites (tertiary alicyclic amines) is 1. The quantitative estimate of drug-likeness (QED) is 0.498. The first-order valence-corrected chi connectivity index (χ1v) is 12.2. The summed E-state index contributed by atoms with van der Waals surface area (Å²) < 4.78 is 6.09. The van der Waals surface area contributed by atoms with Crippen LogP contribution in [0.5, 0.6) is 5.75 Å². The molecule has 0 saturated carbocycles. The highest BCUT2D eigenvalue weighted by atomic mass is 35.5. The third kappa shape index (κ3) is 6.36. The second-order valence-electron chi connectivity index (χ2n) is 8.62. The zero-order valence-electron chi connectivity index (χ0n) is 19.2. The molecule has 2 fully saturated rings. The van der Waals surface area contributed by atoms with Gasteiger partial charge in [-0.2, -0.15) is 0 Å². The number of carbonyl (C=O) groups excluding carboxylic acids is 2. The molecule has 2 amide bonds. The van der Waals surface area contributed by atoms with Crippen molar-refractivity contribution in [2.24, 2.45) is 0 Å². The third-order valence-corrected chi connectivity index (χ3v) is 6.99. The van der Waals surface area contributed by atoms with Crippen LogP contribution in [-0.2, 0) is 9.59 Å². The van der Waals surface area contributed by atoms with Crippen molar-refractivity contribution in [3.05, 3.63) is 52.0 Å². The highest BCUT2D eigenvalue weighted by Gasteiger charge is 2.34. The molecule has 184 valence electrons. The summed E-state index contributed by atoms with van der Waals surface area (Å²) in [5.41, 5.74) is 2.23. The number of piperidine rings is 1. The molecule has 6 nitrogen and oxygen atoms in total. The van der Waals surface area contributed by atoms with E-state index in [9.17, 15) is 9.59 Å². The fourth-order valence-electron chi connectivity index (χ4n) is 4.53. The number of hydrogen-bond acceptors (Lipinski definition) is 4. The van der Waals surface area contributed by atoms with Crippen LogP contribution in [0, 0.1) is 0 Å². The third-order valence-electron chi connectivity index (χ3n) is 6.25. The Kier molecular flexibility index (Phi) is 9.48. The number of nitrogens with zero attached hydrogens (tertiary/aromatic N) is 2. The number of anilines is 2. The number of hydrogen-bond donors (Lipinski definition) is 1. The molecule has 0 spiro atoms. The summed E-state index contributed by atoms with van der Waals surface area (Å²) in [6.45, 7) is 5.62. The maximum absolute atomic E-state index is 13.2. The second kappa shape index (κ2) is 12.1. The van der Waals surface area contributed by atoms with Crippen LogP contribution in [-0.4, -0.2) is 49.5 Å². The van der Waals surface area contributed by atoms with E-state index in [1.165, 1.54) is 26.2 Å². The largest absolute Gasteiger partial charge is 0.490 e. The van der Waals surface area contributed by atoms with Gasteiger partial charge in [0.15, 0.2) is 0 Å². The lowest BCUT2D eigenvalue weighted by Gasteiger charge is -2.26. The van der Waals surface area contributed by atoms with Gasteiger partial charge in [0.2, 0.25) is 11.8 Å². The smallest absolute Gasteiger partial charge is 0.234 e. The molecule has 0 aliphatic carbocycles. The van der Waals surface area contributed by atoms with Gasteiger partial charge >= 0.3 is 0 Å². The molecule has 1 N–H and O–H groups in total. The highest BCUT2D eigenvalue weighted by Crippen LogP contribution is 2.37. The molecule has 2 aliphatic rings. The van der Waals surface area contributed by atoms with Gasteiger partial charge in [-0.1, -0.05) is 35.7 Å². The maximum Gasteiger partial charge on any atom is 0.234 e. The van der Waals surface area contributed by atoms with Crippen molar-refractivity contribution in [1.82, 2.24) is 4.90 Å². The number of carbonyl (C=O) groups is 2. The molecular weight excluding hydrogens is 497 g/mol. The van der Waals surface area contributed by atoms with Crippen molar-refractivity contribution in [3.8, 4) is 5.75 Å². The Labute approximate surface area is 216 Å². The van der Waals surface area contributed by atoms with E-state index >= 15 is 0 Å². The van der Waals surface area contributed by atoms with E-state index in [4.69, 9.17) is 27.9 Å². The van der Waals surface area contributed by atoms with Gasteiger partial charge in [-0.3, -0.25) is 14.5 Å². The predicted octanol–water partition coefficient (Wildman–Crippen LogP) is 5.76. The fourth-order valence-corrected chi connectivity index (χ4v) is 4.84. The topological polar surface area (TPSA) is 61.9 Å². The molecule has 0 bridgehead atoms. The van der Waals surface area contributed by atoms with Gasteiger partial charge in [-0.05, 0) is 62.2 Å². The average molecular weight is 527 g/mol. The normalized spacial score (nSPS) is 18.5. The first-order valence-electron chi connectivity index (χ1n) is 11.5. The molecule has 0 aromatic heterocycles. The Morgan fingerprint density at radius 2 is 1.82 bits per heavy atom. The number of halogens is 3. The minimum Gasteiger partial charge on any atom is -0.490 e. The van der Waals surface area contributed by atoms with Crippen molar-refractivity contribution in [2.75, 3.05) is 43.0 Å². The van der Waals surface area contributed by atoms with E-state index in [0.717, 1.165) is 30.9 Å². The number of benzene rings is 2. The van der Waals surface area contributed by atoms with Crippen molar-refractivity contribution >= 4 is 58.8 Å². The zero-order valence-corrected chi connectivity index (χ0v) is 21.5. The van der Waals surface area contributed by atoms with E-state index in [0.29, 0.717) is 41.1 Å². The lowest BCUT2D eigenvalue weighted by atomic mass is 9.98. The van der Waals surface area contributed by atoms with E-state index in [1.54, 1.807) is 23.1 Å². The number of ether oxygens (including phenoxy) is 1. The summed E-state index contributed by atoms with van der Waals surface area (Å²) in [5, 5.41) is 3.75. The molecule has 0 radical (unpaired) electrons. The van der Waals surface area contributed by atoms with Crippen LogP contribution in [0.1, 0.15) is 44.1 Å². The van der Waals surface area contributed by atoms with Crippen molar-refractivity contribution < 1.29 is 14.3 Å². The zero-order chi connectivity index (χ0) is 23.4. The molecule has 2 saturated heterocycles. The molecule has 4 rings (SSSR count). The standard InChI is InChI=1S/C25H29Cl2N3O3.ClH/c1-17(31)28-23-8-6-19(16-24(23)33-14-13-29-10-3-2-4-11-29)30-12-9-20(25(30)32)18-5-7-21(26)22(27)15-18;/h5-8,15-16,20H,2-4,9-14H2,1H3,(H,28,31);1H. The van der Waals surface area contributed by atoms with Gasteiger partial charge in [0, 0.05) is 31.8 Å². The summed E-state index contributed by atoms with van der Waals surface area (Å²) in [6, 6.07) is 10.8. The van der Waals surface area contributed by atoms with Gasteiger partial charge in [-0.15, -0.1) is 12.4 Å². The van der Waals surface area contributed by atoms with Gasteiger partial charge in [0.05, 0.1) is 21.7 Å². The van der Waals surface area contributed by atoms with E-state index in [2.05, 4.69) is 10.2 Å². The number of rotatable bonds is 7. The molecule has 2 aromatic carbocycles. The molecule has 2 aromatic rings. The second-order valence-corrected chi connectivity index (χ2v) is 9.43. The molecule has 2 heterocycles. The summed E-state index contributed by atoms with van der Waals surface area (Å²) in [5.74, 6) is 0.157. The van der Waals surface area contributed by atoms with Crippen LogP contribution >= 0.6 is 35.6 Å². The predicted molar refractivity (Wildman–Crippen MR) is 140 cm³/mol. The van der Waals surface area contributed by atoms with E-state index in [1.807, 2.05) is 18.2 Å². The lowest BCUT2D eigenvalue weighted by Crippen LogP contribution is -2.33. The van der Waals surface area contributed by atoms with Crippen LogP contribution < -0.4 is 15.0 Å². The first-order chi connectivity index (χ1) is 15.9. The average Bonchev–Trinajstić information content (AvgIpc) is 3.18. The van der Waals surface area contributed by atoms with Crippen molar-refractivity contribution in [3.63, 3.8) is 0 Å². The Balaban J connectivity index is 0.00000324. The van der Waals surface area contributed by atoms with Gasteiger partial charge in [0.1, 0.15) is 12.4 Å². The van der Waals surface area contributed by atoms with Crippen molar-refractivity contribution in [2.45, 2.75) is 38.5 Å². The minimum atomic E-state index is -0.266. The highest BCUT2D eigenvalue weighted by molar-refractivity contribution is 6.42. The Bertz CT molecular complexity index is 1030. The van der Waals surface area contributed by atoms with Crippen LogP contribution in [0.3, 0.4) is 0 Å². The Hall–Kier alpha value is -1.99. The first kappa shape index (κ1) is 26.6. The molecule has 1 unspecified atom stereocenters. The summed E-state index contributed by atoms with van der Waals surface area (Å²) in [4.78, 5) is 29.1. The molecular formula is C25H30Cl3N3O3. The van der Waals surface area contributed by atoms with Crippen LogP contribution in [0.4, 0.5) is 11.4 Å². The minimum absolute atomic E-state index is 0. The van der Waals surface area contributed by atoms with Gasteiger partial charge in [-0.25, -0.2) is 0 Å². The molecule has 9 heteroatoms. The van der Waals surface area contributed by atoms with E-state index < -0.39 is 0 Å². The molecule has 1 atom stereocenters. The van der Waals surface area contributed by atoms with Crippen LogP contribution in [0.15, 0.2) is 36.4 Å². The Morgan fingerprint density at radius 1 is 1.06 bits per heavy atom. The fraction of sp³-hybridized carbons (Fsp3) is 0.440. The SMILES string of the molecule is CC(=O)Nc1ccc(N2CCC(c3ccc(Cl)c(Cl)c3)C2=O)cc1OCCN1CCCCC1.Cl. The van der Waals surface area contributed by atoms with Gasteiger partial charge < -0.3 is 15.0 Å². The summed E-state index contributed by atoms with van der Waals surface area (Å²) in [7, 11) is 0.